The third kappa shape index (κ3) is 3.36. The van der Waals surface area contributed by atoms with Crippen molar-refractivity contribution < 1.29 is 9.66 Å². The van der Waals surface area contributed by atoms with Crippen molar-refractivity contribution in [3.63, 3.8) is 0 Å². The van der Waals surface area contributed by atoms with Crippen LogP contribution in [-0.2, 0) is 5.88 Å². The van der Waals surface area contributed by atoms with E-state index in [0.717, 1.165) is 0 Å². The van der Waals surface area contributed by atoms with E-state index < -0.39 is 4.92 Å². The van der Waals surface area contributed by atoms with Gasteiger partial charge >= 0.3 is 5.69 Å². The Hall–Kier alpha value is -1.78. The first-order valence-corrected chi connectivity index (χ1v) is 6.28. The number of nitro benzene ring substituents is 1. The fraction of sp³-hybridized carbons (Fsp3) is 0.0769. The Kier molecular flexibility index (Phi) is 4.24. The van der Waals surface area contributed by atoms with Gasteiger partial charge in [0.05, 0.1) is 4.92 Å². The molecule has 2 aromatic carbocycles. The van der Waals surface area contributed by atoms with Gasteiger partial charge in [-0.3, -0.25) is 10.1 Å². The van der Waals surface area contributed by atoms with Gasteiger partial charge in [0, 0.05) is 17.0 Å². The van der Waals surface area contributed by atoms with E-state index in [1.165, 1.54) is 12.1 Å². The number of ether oxygens (including phenoxy) is 1. The average molecular weight is 298 g/mol. The molecule has 4 nitrogen and oxygen atoms in total. The Balaban J connectivity index is 2.33. The molecule has 0 aliphatic carbocycles. The Labute approximate surface area is 119 Å². The maximum absolute atomic E-state index is 11.0. The summed E-state index contributed by atoms with van der Waals surface area (Å²) in [5.74, 6) is 0.856. The molecule has 0 fully saturated rings. The molecule has 0 amide bonds. The van der Waals surface area contributed by atoms with Gasteiger partial charge in [-0.25, -0.2) is 0 Å². The molecule has 0 bridgehead atoms. The highest BCUT2D eigenvalue weighted by molar-refractivity contribution is 6.30. The molecule has 0 heterocycles. The lowest BCUT2D eigenvalue weighted by Crippen LogP contribution is -1.94. The summed E-state index contributed by atoms with van der Waals surface area (Å²) in [4.78, 5) is 10.5. The minimum Gasteiger partial charge on any atom is -0.450 e. The highest BCUT2D eigenvalue weighted by Gasteiger charge is 2.16. The first-order valence-electron chi connectivity index (χ1n) is 5.37. The van der Waals surface area contributed by atoms with Gasteiger partial charge in [0.2, 0.25) is 5.75 Å². The van der Waals surface area contributed by atoms with E-state index >= 15 is 0 Å². The van der Waals surface area contributed by atoms with E-state index in [1.807, 2.05) is 0 Å². The van der Waals surface area contributed by atoms with Crippen LogP contribution in [0.25, 0.3) is 0 Å². The van der Waals surface area contributed by atoms with Crippen LogP contribution in [0.1, 0.15) is 5.56 Å². The molecular weight excluding hydrogens is 289 g/mol. The third-order valence-electron chi connectivity index (χ3n) is 2.42. The molecular formula is C13H9Cl2NO3. The second-order valence-corrected chi connectivity index (χ2v) is 4.45. The summed E-state index contributed by atoms with van der Waals surface area (Å²) in [7, 11) is 0. The lowest BCUT2D eigenvalue weighted by atomic mass is 10.2. The van der Waals surface area contributed by atoms with E-state index in [9.17, 15) is 10.1 Å². The molecule has 0 aliphatic rings. The van der Waals surface area contributed by atoms with Crippen LogP contribution < -0.4 is 4.74 Å². The Morgan fingerprint density at radius 3 is 2.42 bits per heavy atom. The van der Waals surface area contributed by atoms with Crippen LogP contribution in [-0.4, -0.2) is 4.92 Å². The van der Waals surface area contributed by atoms with Crippen molar-refractivity contribution in [1.82, 2.24) is 0 Å². The van der Waals surface area contributed by atoms with Gasteiger partial charge in [-0.1, -0.05) is 17.7 Å². The highest BCUT2D eigenvalue weighted by atomic mass is 35.5. The number of halogens is 2. The average Bonchev–Trinajstić information content (AvgIpc) is 2.41. The second-order valence-electron chi connectivity index (χ2n) is 3.75. The molecule has 0 unspecified atom stereocenters. The fourth-order valence-corrected chi connectivity index (χ4v) is 1.80. The molecule has 98 valence electrons. The van der Waals surface area contributed by atoms with Crippen LogP contribution in [0.2, 0.25) is 5.02 Å². The van der Waals surface area contributed by atoms with Crippen molar-refractivity contribution in [2.45, 2.75) is 5.88 Å². The van der Waals surface area contributed by atoms with Crippen molar-refractivity contribution in [2.24, 2.45) is 0 Å². The van der Waals surface area contributed by atoms with Crippen molar-refractivity contribution in [3.8, 4) is 11.5 Å². The van der Waals surface area contributed by atoms with Crippen molar-refractivity contribution in [1.29, 1.82) is 0 Å². The van der Waals surface area contributed by atoms with E-state index in [2.05, 4.69) is 0 Å². The molecule has 0 radical (unpaired) electrons. The van der Waals surface area contributed by atoms with Crippen LogP contribution in [0.3, 0.4) is 0 Å². The number of benzene rings is 2. The Morgan fingerprint density at radius 2 is 1.84 bits per heavy atom. The maximum atomic E-state index is 11.0. The zero-order chi connectivity index (χ0) is 13.8. The minimum atomic E-state index is -0.499. The first-order chi connectivity index (χ1) is 9.10. The van der Waals surface area contributed by atoms with Gasteiger partial charge in [0.1, 0.15) is 5.75 Å². The number of hydrogen-bond acceptors (Lipinski definition) is 3. The number of rotatable bonds is 4. The van der Waals surface area contributed by atoms with Crippen LogP contribution in [0.5, 0.6) is 11.5 Å². The smallest absolute Gasteiger partial charge is 0.311 e. The lowest BCUT2D eigenvalue weighted by molar-refractivity contribution is -0.385. The zero-order valence-corrected chi connectivity index (χ0v) is 11.2. The summed E-state index contributed by atoms with van der Waals surface area (Å²) in [6, 6.07) is 11.2. The van der Waals surface area contributed by atoms with E-state index in [1.54, 1.807) is 30.3 Å². The molecule has 0 saturated heterocycles. The van der Waals surface area contributed by atoms with Crippen LogP contribution in [0.4, 0.5) is 5.69 Å². The summed E-state index contributed by atoms with van der Waals surface area (Å²) in [6.45, 7) is 0. The van der Waals surface area contributed by atoms with Gasteiger partial charge < -0.3 is 4.74 Å². The number of alkyl halides is 1. The molecule has 0 spiro atoms. The molecule has 0 aromatic heterocycles. The van der Waals surface area contributed by atoms with Crippen molar-refractivity contribution in [2.75, 3.05) is 0 Å². The second kappa shape index (κ2) is 5.91. The zero-order valence-electron chi connectivity index (χ0n) is 9.68. The summed E-state index contributed by atoms with van der Waals surface area (Å²) in [5.41, 5.74) is 0.546. The normalized spacial score (nSPS) is 10.2. The number of hydrogen-bond donors (Lipinski definition) is 0. The summed E-state index contributed by atoms with van der Waals surface area (Å²) >= 11 is 11.4. The minimum absolute atomic E-state index is 0.117. The molecule has 2 rings (SSSR count). The van der Waals surface area contributed by atoms with Crippen LogP contribution >= 0.6 is 23.2 Å². The fourth-order valence-electron chi connectivity index (χ4n) is 1.50. The van der Waals surface area contributed by atoms with Crippen molar-refractivity contribution in [3.05, 3.63) is 63.2 Å². The van der Waals surface area contributed by atoms with Gasteiger partial charge in [-0.2, -0.15) is 0 Å². The number of nitro groups is 1. The van der Waals surface area contributed by atoms with Gasteiger partial charge in [0.25, 0.3) is 0 Å². The van der Waals surface area contributed by atoms with Crippen LogP contribution in [0, 0.1) is 10.1 Å². The predicted molar refractivity (Wildman–Crippen MR) is 74.2 cm³/mol. The first kappa shape index (κ1) is 13.6. The SMILES string of the molecule is O=[N+]([O-])c1cc(CCl)ccc1Oc1ccc(Cl)cc1. The molecule has 0 aliphatic heterocycles. The summed E-state index contributed by atoms with van der Waals surface area (Å²) < 4.78 is 5.48. The van der Waals surface area contributed by atoms with E-state index in [0.29, 0.717) is 16.3 Å². The van der Waals surface area contributed by atoms with Gasteiger partial charge in [0.15, 0.2) is 0 Å². The maximum Gasteiger partial charge on any atom is 0.311 e. The summed E-state index contributed by atoms with van der Waals surface area (Å²) in [6.07, 6.45) is 0. The monoisotopic (exact) mass is 297 g/mol. The van der Waals surface area contributed by atoms with Gasteiger partial charge in [-0.05, 0) is 35.9 Å². The largest absolute Gasteiger partial charge is 0.450 e. The predicted octanol–water partition coefficient (Wildman–Crippen LogP) is 4.78. The topological polar surface area (TPSA) is 52.4 Å². The standard InChI is InChI=1S/C13H9Cl2NO3/c14-8-9-1-6-13(12(7-9)16(17)18)19-11-4-2-10(15)3-5-11/h1-7H,8H2. The van der Waals surface area contributed by atoms with Gasteiger partial charge in [-0.15, -0.1) is 11.6 Å². The quantitative estimate of drug-likeness (QED) is 0.463. The third-order valence-corrected chi connectivity index (χ3v) is 2.98. The molecule has 0 saturated carbocycles. The van der Waals surface area contributed by atoms with Crippen molar-refractivity contribution >= 4 is 28.9 Å². The van der Waals surface area contributed by atoms with E-state index in [4.69, 9.17) is 27.9 Å². The summed E-state index contributed by atoms with van der Waals surface area (Å²) in [5, 5.41) is 11.6. The molecule has 6 heteroatoms. The Morgan fingerprint density at radius 1 is 1.16 bits per heavy atom. The molecule has 2 aromatic rings. The molecule has 0 atom stereocenters. The highest BCUT2D eigenvalue weighted by Crippen LogP contribution is 2.32. The molecule has 19 heavy (non-hydrogen) atoms. The van der Waals surface area contributed by atoms with Crippen LogP contribution in [0.15, 0.2) is 42.5 Å². The lowest BCUT2D eigenvalue weighted by Gasteiger charge is -2.07. The molecule has 0 N–H and O–H groups in total. The van der Waals surface area contributed by atoms with E-state index in [-0.39, 0.29) is 17.3 Å². The number of nitrogens with zero attached hydrogens (tertiary/aromatic N) is 1. The Bertz CT molecular complexity index is 599.